The number of benzene rings is 2. The van der Waals surface area contributed by atoms with Gasteiger partial charge in [0, 0.05) is 12.2 Å². The molecule has 2 aromatic carbocycles. The van der Waals surface area contributed by atoms with E-state index in [0.717, 1.165) is 16.7 Å². The van der Waals surface area contributed by atoms with Crippen LogP contribution in [-0.2, 0) is 6.54 Å². The molecule has 0 atom stereocenters. The van der Waals surface area contributed by atoms with E-state index in [1.165, 1.54) is 6.33 Å². The minimum Gasteiger partial charge on any atom is -0.347 e. The van der Waals surface area contributed by atoms with Crippen LogP contribution in [0.1, 0.15) is 37.7 Å². The summed E-state index contributed by atoms with van der Waals surface area (Å²) in [5, 5.41) is 5.60. The van der Waals surface area contributed by atoms with Crippen LogP contribution in [0.2, 0.25) is 0 Å². The monoisotopic (exact) mass is 348 g/mol. The molecule has 0 aliphatic carbocycles. The summed E-state index contributed by atoms with van der Waals surface area (Å²) in [5.41, 5.74) is 3.94. The minimum absolute atomic E-state index is 0.0653. The molecule has 0 spiro atoms. The van der Waals surface area contributed by atoms with Crippen LogP contribution in [-0.4, -0.2) is 21.8 Å². The summed E-state index contributed by atoms with van der Waals surface area (Å²) in [6, 6.07) is 15.3. The van der Waals surface area contributed by atoms with E-state index in [9.17, 15) is 9.59 Å². The number of imidazole rings is 1. The third-order valence-corrected chi connectivity index (χ3v) is 4.01. The molecule has 1 heterocycles. The van der Waals surface area contributed by atoms with Gasteiger partial charge < -0.3 is 15.6 Å². The molecule has 3 aromatic rings. The van der Waals surface area contributed by atoms with Crippen LogP contribution in [0.4, 0.5) is 5.69 Å². The summed E-state index contributed by atoms with van der Waals surface area (Å²) in [7, 11) is 0. The fraction of sp³-hybridized carbons (Fsp3) is 0.150. The molecule has 1 aromatic heterocycles. The highest BCUT2D eigenvalue weighted by Crippen LogP contribution is 2.17. The molecule has 6 nitrogen and oxygen atoms in total. The van der Waals surface area contributed by atoms with Gasteiger partial charge in [-0.1, -0.05) is 48.0 Å². The first-order chi connectivity index (χ1) is 12.5. The quantitative estimate of drug-likeness (QED) is 0.662. The Hall–Kier alpha value is -3.41. The zero-order chi connectivity index (χ0) is 18.5. The van der Waals surface area contributed by atoms with Gasteiger partial charge in [0.1, 0.15) is 5.69 Å². The van der Waals surface area contributed by atoms with Crippen molar-refractivity contribution in [2.45, 2.75) is 20.4 Å². The summed E-state index contributed by atoms with van der Waals surface area (Å²) in [6.45, 7) is 4.28. The molecule has 0 saturated heterocycles. The molecule has 3 rings (SSSR count). The Morgan fingerprint density at radius 2 is 1.81 bits per heavy atom. The number of aromatic amines is 1. The van der Waals surface area contributed by atoms with Crippen LogP contribution in [0.3, 0.4) is 0 Å². The maximum atomic E-state index is 12.5. The Morgan fingerprint density at radius 3 is 2.54 bits per heavy atom. The van der Waals surface area contributed by atoms with E-state index in [1.54, 1.807) is 0 Å². The van der Waals surface area contributed by atoms with Crippen molar-refractivity contribution in [3.8, 4) is 0 Å². The lowest BCUT2D eigenvalue weighted by atomic mass is 10.1. The standard InChI is InChI=1S/C20H20N4O2/c1-13-8-9-16(14(2)10-13)24-20(26)18-17(22-12-23-18)19(25)21-11-15-6-4-3-5-7-15/h3-10,12H,11H2,1-2H3,(H,21,25)(H,22,23)(H,24,26). The van der Waals surface area contributed by atoms with Crippen molar-refractivity contribution in [2.75, 3.05) is 5.32 Å². The molecular weight excluding hydrogens is 328 g/mol. The first-order valence-electron chi connectivity index (χ1n) is 8.28. The molecule has 0 saturated carbocycles. The number of nitrogens with zero attached hydrogens (tertiary/aromatic N) is 1. The lowest BCUT2D eigenvalue weighted by Crippen LogP contribution is -2.26. The Kier molecular flexibility index (Phi) is 5.12. The fourth-order valence-corrected chi connectivity index (χ4v) is 2.64. The number of carbonyl (C=O) groups is 2. The molecule has 0 unspecified atom stereocenters. The summed E-state index contributed by atoms with van der Waals surface area (Å²) >= 11 is 0. The number of nitrogens with one attached hydrogen (secondary N) is 3. The SMILES string of the molecule is Cc1ccc(NC(=O)c2nc[nH]c2C(=O)NCc2ccccc2)c(C)c1. The van der Waals surface area contributed by atoms with Gasteiger partial charge >= 0.3 is 0 Å². The molecule has 132 valence electrons. The Morgan fingerprint density at radius 1 is 1.04 bits per heavy atom. The second kappa shape index (κ2) is 7.65. The van der Waals surface area contributed by atoms with Crippen LogP contribution in [0.25, 0.3) is 0 Å². The lowest BCUT2D eigenvalue weighted by Gasteiger charge is -2.09. The molecule has 3 N–H and O–H groups in total. The van der Waals surface area contributed by atoms with Gasteiger partial charge in [-0.15, -0.1) is 0 Å². The van der Waals surface area contributed by atoms with Crippen molar-refractivity contribution in [3.63, 3.8) is 0 Å². The van der Waals surface area contributed by atoms with Gasteiger partial charge in [0.15, 0.2) is 5.69 Å². The van der Waals surface area contributed by atoms with Crippen molar-refractivity contribution in [3.05, 3.63) is 82.9 Å². The Labute approximate surface area is 151 Å². The largest absolute Gasteiger partial charge is 0.347 e. The second-order valence-corrected chi connectivity index (χ2v) is 6.07. The number of anilines is 1. The van der Waals surface area contributed by atoms with Gasteiger partial charge in [-0.25, -0.2) is 4.98 Å². The highest BCUT2D eigenvalue weighted by Gasteiger charge is 2.20. The number of amides is 2. The number of H-pyrrole nitrogens is 1. The van der Waals surface area contributed by atoms with Crippen LogP contribution in [0.5, 0.6) is 0 Å². The molecule has 6 heteroatoms. The lowest BCUT2D eigenvalue weighted by molar-refractivity contribution is 0.0933. The molecule has 0 aliphatic heterocycles. The maximum absolute atomic E-state index is 12.5. The third-order valence-electron chi connectivity index (χ3n) is 4.01. The van der Waals surface area contributed by atoms with Crippen molar-refractivity contribution in [2.24, 2.45) is 0 Å². The van der Waals surface area contributed by atoms with Gasteiger partial charge in [-0.3, -0.25) is 9.59 Å². The molecule has 0 aliphatic rings. The van der Waals surface area contributed by atoms with E-state index in [4.69, 9.17) is 0 Å². The number of carbonyl (C=O) groups excluding carboxylic acids is 2. The van der Waals surface area contributed by atoms with E-state index >= 15 is 0 Å². The third kappa shape index (κ3) is 3.97. The zero-order valence-corrected chi connectivity index (χ0v) is 14.7. The molecule has 0 fully saturated rings. The van der Waals surface area contributed by atoms with Crippen molar-refractivity contribution in [1.82, 2.24) is 15.3 Å². The summed E-state index contributed by atoms with van der Waals surface area (Å²) in [6.07, 6.45) is 1.34. The predicted octanol–water partition coefficient (Wildman–Crippen LogP) is 3.21. The molecular formula is C20H20N4O2. The summed E-state index contributed by atoms with van der Waals surface area (Å²) < 4.78 is 0. The van der Waals surface area contributed by atoms with Crippen LogP contribution < -0.4 is 10.6 Å². The van der Waals surface area contributed by atoms with Crippen LogP contribution in [0.15, 0.2) is 54.9 Å². The molecule has 2 amide bonds. The topological polar surface area (TPSA) is 86.9 Å². The Bertz CT molecular complexity index is 932. The summed E-state index contributed by atoms with van der Waals surface area (Å²) in [4.78, 5) is 31.7. The second-order valence-electron chi connectivity index (χ2n) is 6.07. The molecule has 0 bridgehead atoms. The maximum Gasteiger partial charge on any atom is 0.276 e. The van der Waals surface area contributed by atoms with E-state index in [1.807, 2.05) is 62.4 Å². The predicted molar refractivity (Wildman–Crippen MR) is 100 cm³/mol. The average molecular weight is 348 g/mol. The first kappa shape index (κ1) is 17.4. The van der Waals surface area contributed by atoms with Crippen molar-refractivity contribution in [1.29, 1.82) is 0 Å². The molecule has 0 radical (unpaired) electrons. The van der Waals surface area contributed by atoms with Crippen LogP contribution >= 0.6 is 0 Å². The average Bonchev–Trinajstić information content (AvgIpc) is 3.13. The smallest absolute Gasteiger partial charge is 0.276 e. The van der Waals surface area contributed by atoms with Gasteiger partial charge in [0.2, 0.25) is 0 Å². The van der Waals surface area contributed by atoms with E-state index in [0.29, 0.717) is 12.2 Å². The van der Waals surface area contributed by atoms with Gasteiger partial charge in [0.25, 0.3) is 11.8 Å². The number of hydrogen-bond donors (Lipinski definition) is 3. The van der Waals surface area contributed by atoms with E-state index < -0.39 is 5.91 Å². The number of rotatable bonds is 5. The van der Waals surface area contributed by atoms with Crippen LogP contribution in [0, 0.1) is 13.8 Å². The van der Waals surface area contributed by atoms with Gasteiger partial charge in [-0.2, -0.15) is 0 Å². The number of hydrogen-bond acceptors (Lipinski definition) is 3. The first-order valence-corrected chi connectivity index (χ1v) is 8.28. The highest BCUT2D eigenvalue weighted by atomic mass is 16.2. The minimum atomic E-state index is -0.428. The van der Waals surface area contributed by atoms with E-state index in [-0.39, 0.29) is 17.3 Å². The van der Waals surface area contributed by atoms with Gasteiger partial charge in [0.05, 0.1) is 6.33 Å². The number of aryl methyl sites for hydroxylation is 2. The van der Waals surface area contributed by atoms with Crippen molar-refractivity contribution >= 4 is 17.5 Å². The van der Waals surface area contributed by atoms with Crippen molar-refractivity contribution < 1.29 is 9.59 Å². The zero-order valence-electron chi connectivity index (χ0n) is 14.7. The molecule has 26 heavy (non-hydrogen) atoms. The van der Waals surface area contributed by atoms with E-state index in [2.05, 4.69) is 20.6 Å². The van der Waals surface area contributed by atoms with Gasteiger partial charge in [-0.05, 0) is 31.0 Å². The number of aromatic nitrogens is 2. The fourth-order valence-electron chi connectivity index (χ4n) is 2.64. The summed E-state index contributed by atoms with van der Waals surface area (Å²) in [5.74, 6) is -0.805. The Balaban J connectivity index is 1.70. The highest BCUT2D eigenvalue weighted by molar-refractivity contribution is 6.10. The normalized spacial score (nSPS) is 10.4.